The second-order valence-corrected chi connectivity index (χ2v) is 21.0. The number of hydrogen-bond donors (Lipinski definition) is 0. The predicted molar refractivity (Wildman–Crippen MR) is 173 cm³/mol. The number of carbonyl (C=O) groups is 1. The minimum Gasteiger partial charge on any atom is -0.611 e. The Morgan fingerprint density at radius 3 is 1.43 bits per heavy atom. The third kappa shape index (κ3) is 43.1. The zero-order valence-corrected chi connectivity index (χ0v) is 48.9. The van der Waals surface area contributed by atoms with Crippen molar-refractivity contribution in [3.8, 4) is 0 Å². The molecule has 262 valence electrons. The van der Waals surface area contributed by atoms with Gasteiger partial charge in [-0.25, -0.2) is 0 Å². The summed E-state index contributed by atoms with van der Waals surface area (Å²) in [4.78, 5) is 13.9. The van der Waals surface area contributed by atoms with Crippen molar-refractivity contribution in [1.29, 1.82) is 0 Å². The van der Waals surface area contributed by atoms with Crippen LogP contribution >= 0.6 is 0 Å². The number of esters is 1. The molecular weight excluding hydrogens is 1610 g/mol. The molecule has 0 amide bonds. The summed E-state index contributed by atoms with van der Waals surface area (Å²) in [6.45, 7) is 28.6. The summed E-state index contributed by atoms with van der Waals surface area (Å²) in [5, 5.41) is 0. The fraction of sp³-hybridized carbons (Fsp3) is 0.567. The number of methoxy groups -OCH3 is 1. The SMILES string of the molecule is C[CH-]N(C)[Si](C)(C)C.C[CH-]N(Cc1ccccc1)[Si](C)(C)C.[CH2-]N([CH2-])C(CC)CC(=O)OC.[CH2-]N([CH2-])CC.[W].[W].[W].[W].[W].[W]. The molecule has 0 aliphatic carbocycles. The molecule has 1 aromatic carbocycles. The molecule has 44 heavy (non-hydrogen) atoms. The fourth-order valence-corrected chi connectivity index (χ4v) is 4.90. The molecule has 1 unspecified atom stereocenters. The van der Waals surface area contributed by atoms with Crippen LogP contribution in [-0.2, 0) is 142 Å². The number of benzene rings is 1. The van der Waals surface area contributed by atoms with E-state index in [1.807, 2.05) is 13.8 Å². The van der Waals surface area contributed by atoms with Crippen LogP contribution in [0.15, 0.2) is 30.3 Å². The van der Waals surface area contributed by atoms with E-state index in [4.69, 9.17) is 0 Å². The molecule has 0 saturated carbocycles. The van der Waals surface area contributed by atoms with Crippen LogP contribution in [0.1, 0.15) is 46.1 Å². The van der Waals surface area contributed by atoms with Crippen LogP contribution in [0.4, 0.5) is 0 Å². The number of carbonyl (C=O) groups excluding carboxylic acids is 1. The molecule has 0 bridgehead atoms. The van der Waals surface area contributed by atoms with Gasteiger partial charge >= 0.3 is 5.97 Å². The van der Waals surface area contributed by atoms with Gasteiger partial charge in [0.2, 0.25) is 0 Å². The van der Waals surface area contributed by atoms with Gasteiger partial charge in [-0.3, -0.25) is 17.9 Å². The first-order chi connectivity index (χ1) is 17.4. The van der Waals surface area contributed by atoms with Gasteiger partial charge in [-0.1, -0.05) is 90.0 Å². The molecular formula is C30H60N4O2Si2W6-6. The van der Waals surface area contributed by atoms with Crippen molar-refractivity contribution in [1.82, 2.24) is 18.9 Å². The summed E-state index contributed by atoms with van der Waals surface area (Å²) < 4.78 is 9.33. The third-order valence-corrected chi connectivity index (χ3v) is 10.4. The van der Waals surface area contributed by atoms with Crippen LogP contribution in [0.3, 0.4) is 0 Å². The van der Waals surface area contributed by atoms with Crippen molar-refractivity contribution < 1.29 is 136 Å². The normalized spacial score (nSPS) is 10.5. The molecule has 0 aliphatic heterocycles. The summed E-state index contributed by atoms with van der Waals surface area (Å²) >= 11 is 0. The van der Waals surface area contributed by atoms with Crippen molar-refractivity contribution in [3.05, 3.63) is 77.2 Å². The quantitative estimate of drug-likeness (QED) is 0.130. The van der Waals surface area contributed by atoms with E-state index >= 15 is 0 Å². The first-order valence-electron chi connectivity index (χ1n) is 13.4. The van der Waals surface area contributed by atoms with Gasteiger partial charge in [-0.2, -0.15) is 13.8 Å². The van der Waals surface area contributed by atoms with Gasteiger partial charge in [0, 0.05) is 126 Å². The summed E-state index contributed by atoms with van der Waals surface area (Å²) in [5.74, 6) is -0.214. The summed E-state index contributed by atoms with van der Waals surface area (Å²) in [6, 6.07) is 10.7. The number of rotatable bonds is 11. The Morgan fingerprint density at radius 1 is 0.818 bits per heavy atom. The van der Waals surface area contributed by atoms with E-state index in [1.165, 1.54) is 17.6 Å². The van der Waals surface area contributed by atoms with Crippen LogP contribution in [0.5, 0.6) is 0 Å². The molecule has 0 N–H and O–H groups in total. The van der Waals surface area contributed by atoms with Crippen molar-refractivity contribution in [2.24, 2.45) is 0 Å². The zero-order chi connectivity index (χ0) is 30.5. The van der Waals surface area contributed by atoms with E-state index < -0.39 is 16.5 Å². The maximum absolute atomic E-state index is 10.8. The molecule has 14 heteroatoms. The van der Waals surface area contributed by atoms with Crippen molar-refractivity contribution in [2.75, 3.05) is 20.7 Å². The van der Waals surface area contributed by atoms with Crippen LogP contribution in [0.25, 0.3) is 0 Å². The van der Waals surface area contributed by atoms with Crippen LogP contribution < -0.4 is 0 Å². The minimum absolute atomic E-state index is 0. The van der Waals surface area contributed by atoms with Crippen LogP contribution in [0.2, 0.25) is 39.3 Å². The maximum Gasteiger partial charge on any atom is 0.306 e. The second-order valence-electron chi connectivity index (χ2n) is 11.0. The molecule has 0 fully saturated rings. The van der Waals surface area contributed by atoms with Gasteiger partial charge in [0.05, 0.1) is 30.0 Å². The molecule has 0 heterocycles. The molecule has 0 saturated heterocycles. The summed E-state index contributed by atoms with van der Waals surface area (Å²) in [5.41, 5.74) is 1.40. The number of nitrogens with zero attached hydrogens (tertiary/aromatic N) is 4. The van der Waals surface area contributed by atoms with Crippen molar-refractivity contribution in [3.63, 3.8) is 0 Å². The topological polar surface area (TPSA) is 39.3 Å². The van der Waals surface area contributed by atoms with E-state index in [1.54, 1.807) is 4.90 Å². The van der Waals surface area contributed by atoms with E-state index in [0.29, 0.717) is 6.42 Å². The van der Waals surface area contributed by atoms with Gasteiger partial charge in [-0.15, -0.1) is 0 Å². The standard InChI is InChI=1S/C12H20NSi.C8H15NO2.C6H16NSi.C4H9N.6W/c1-5-13(14(2,3)4)11-12-9-7-6-8-10-12;1-5-7(9(2)3)6-8(10)11-4;1-6-7(2)8(3,4)5;1-4-5(2)3;;;;;;/h5-10H,11H2,1-4H3;7H,2-3,5-6H2,1,4H3;6H,1-5H3;2-4H2,1H3;;;;;;/q-1;-2;-1;-2;;;;;;. The fourth-order valence-electron chi connectivity index (χ4n) is 2.69. The Bertz CT molecular complexity index is 700. The monoisotopic (exact) mass is 1670 g/mol. The van der Waals surface area contributed by atoms with Crippen molar-refractivity contribution in [2.45, 2.75) is 92.4 Å². The van der Waals surface area contributed by atoms with Crippen LogP contribution in [0, 0.1) is 41.3 Å². The van der Waals surface area contributed by atoms with Gasteiger partial charge in [0.1, 0.15) is 0 Å². The molecule has 0 radical (unpaired) electrons. The van der Waals surface area contributed by atoms with E-state index in [-0.39, 0.29) is 138 Å². The largest absolute Gasteiger partial charge is 0.611 e. The van der Waals surface area contributed by atoms with Gasteiger partial charge in [0.25, 0.3) is 0 Å². The molecule has 0 spiro atoms. The van der Waals surface area contributed by atoms with Crippen LogP contribution in [-0.4, -0.2) is 68.1 Å². The number of hydrogen-bond acceptors (Lipinski definition) is 6. The average Bonchev–Trinajstić information content (AvgIpc) is 2.85. The van der Waals surface area contributed by atoms with E-state index in [0.717, 1.165) is 19.5 Å². The average molecular weight is 1670 g/mol. The molecule has 1 rings (SSSR count). The molecule has 1 atom stereocenters. The minimum atomic E-state index is -1.19. The van der Waals surface area contributed by atoms with Gasteiger partial charge in [0.15, 0.2) is 0 Å². The molecule has 6 nitrogen and oxygen atoms in total. The Balaban J connectivity index is -0.0000000533. The van der Waals surface area contributed by atoms with Gasteiger partial charge in [-0.05, 0) is 31.6 Å². The Hall–Kier alpha value is 3.09. The van der Waals surface area contributed by atoms with E-state index in [2.05, 4.69) is 146 Å². The first kappa shape index (κ1) is 69.0. The Morgan fingerprint density at radius 2 is 1.23 bits per heavy atom. The summed E-state index contributed by atoms with van der Waals surface area (Å²) in [6.07, 6.45) is 1.21. The van der Waals surface area contributed by atoms with E-state index in [9.17, 15) is 4.79 Å². The maximum atomic E-state index is 10.8. The summed E-state index contributed by atoms with van der Waals surface area (Å²) in [7, 11) is 15.5. The first-order valence-corrected chi connectivity index (χ1v) is 20.3. The zero-order valence-electron chi connectivity index (χ0n) is 29.3. The second kappa shape index (κ2) is 40.5. The molecule has 0 aliphatic rings. The predicted octanol–water partition coefficient (Wildman–Crippen LogP) is 7.53. The number of ether oxygens (including phenoxy) is 1. The molecule has 1 aromatic rings. The van der Waals surface area contributed by atoms with Gasteiger partial charge < -0.3 is 51.9 Å². The third-order valence-electron chi connectivity index (χ3n) is 5.88. The van der Waals surface area contributed by atoms with Crippen molar-refractivity contribution >= 4 is 22.4 Å². The smallest absolute Gasteiger partial charge is 0.306 e. The Kier molecular flexibility index (Phi) is 63.5. The molecule has 0 aromatic heterocycles. The Labute approximate surface area is 363 Å².